The lowest BCUT2D eigenvalue weighted by molar-refractivity contribution is 0.413. The van der Waals surface area contributed by atoms with Crippen molar-refractivity contribution in [2.75, 3.05) is 0 Å². The molecular formula is C11H18S. The molecule has 0 spiro atoms. The average molecular weight is 182 g/mol. The third-order valence-corrected chi connectivity index (χ3v) is 2.62. The molecule has 1 rings (SSSR count). The number of thioether (sulfide) groups is 1. The zero-order valence-electron chi connectivity index (χ0n) is 8.42. The van der Waals surface area contributed by atoms with E-state index in [0.717, 1.165) is 0 Å². The molecule has 1 heterocycles. The molecular weight excluding hydrogens is 164 g/mol. The second-order valence-corrected chi connectivity index (χ2v) is 5.91. The Morgan fingerprint density at radius 2 is 2.08 bits per heavy atom. The van der Waals surface area contributed by atoms with Gasteiger partial charge in [0.25, 0.3) is 0 Å². The minimum Gasteiger partial charge on any atom is -0.127 e. The van der Waals surface area contributed by atoms with Crippen LogP contribution in [0.25, 0.3) is 0 Å². The first-order chi connectivity index (χ1) is 5.47. The van der Waals surface area contributed by atoms with Crippen molar-refractivity contribution in [1.29, 1.82) is 0 Å². The van der Waals surface area contributed by atoms with Crippen LogP contribution in [0.2, 0.25) is 0 Å². The van der Waals surface area contributed by atoms with E-state index >= 15 is 0 Å². The summed E-state index contributed by atoms with van der Waals surface area (Å²) in [6, 6.07) is 0. The molecule has 0 aromatic carbocycles. The summed E-state index contributed by atoms with van der Waals surface area (Å²) in [7, 11) is 0. The second-order valence-electron chi connectivity index (χ2n) is 4.62. The van der Waals surface area contributed by atoms with Gasteiger partial charge in [0.05, 0.1) is 0 Å². The number of allylic oxidation sites excluding steroid dienone is 2. The fourth-order valence-corrected chi connectivity index (χ4v) is 2.13. The van der Waals surface area contributed by atoms with Crippen molar-refractivity contribution in [2.24, 2.45) is 5.41 Å². The van der Waals surface area contributed by atoms with Crippen LogP contribution < -0.4 is 0 Å². The second kappa shape index (κ2) is 3.69. The molecule has 0 fully saturated rings. The first kappa shape index (κ1) is 9.91. The zero-order valence-corrected chi connectivity index (χ0v) is 9.24. The van der Waals surface area contributed by atoms with Gasteiger partial charge in [0.2, 0.25) is 0 Å². The smallest absolute Gasteiger partial charge is 0.0245 e. The van der Waals surface area contributed by atoms with Crippen molar-refractivity contribution < 1.29 is 0 Å². The summed E-state index contributed by atoms with van der Waals surface area (Å²) in [5.41, 5.74) is 1.91. The summed E-state index contributed by atoms with van der Waals surface area (Å²) in [5.74, 6) is 0. The first-order valence-electron chi connectivity index (χ1n) is 4.50. The van der Waals surface area contributed by atoms with Crippen molar-refractivity contribution in [3.63, 3.8) is 0 Å². The van der Waals surface area contributed by atoms with Crippen molar-refractivity contribution in [2.45, 2.75) is 39.4 Å². The maximum absolute atomic E-state index is 2.37. The van der Waals surface area contributed by atoms with Crippen LogP contribution in [0.4, 0.5) is 0 Å². The Bertz CT molecular complexity index is 206. The first-order valence-corrected chi connectivity index (χ1v) is 5.44. The molecule has 0 saturated carbocycles. The van der Waals surface area contributed by atoms with Gasteiger partial charge in [-0.2, -0.15) is 0 Å². The van der Waals surface area contributed by atoms with Gasteiger partial charge in [-0.05, 0) is 29.7 Å². The highest BCUT2D eigenvalue weighted by Crippen LogP contribution is 2.30. The van der Waals surface area contributed by atoms with E-state index in [0.29, 0.717) is 10.7 Å². The Kier molecular flexibility index (Phi) is 3.05. The standard InChI is InChI=1S/C11H18S/c1-9-7-10(5-6-12-9)8-11(2,3)4/h5-7,9H,8H2,1-4H3. The van der Waals surface area contributed by atoms with Gasteiger partial charge in [-0.25, -0.2) is 0 Å². The molecule has 0 N–H and O–H groups in total. The van der Waals surface area contributed by atoms with Crippen LogP contribution in [0.5, 0.6) is 0 Å². The topological polar surface area (TPSA) is 0 Å². The number of rotatable bonds is 1. The Hall–Kier alpha value is -0.170. The zero-order chi connectivity index (χ0) is 9.19. The highest BCUT2D eigenvalue weighted by atomic mass is 32.2. The van der Waals surface area contributed by atoms with Gasteiger partial charge < -0.3 is 0 Å². The van der Waals surface area contributed by atoms with E-state index in [1.165, 1.54) is 12.0 Å². The molecule has 0 amide bonds. The average Bonchev–Trinajstić information content (AvgIpc) is 1.82. The Balaban J connectivity index is 2.58. The summed E-state index contributed by atoms with van der Waals surface area (Å²) >= 11 is 1.89. The quantitative estimate of drug-likeness (QED) is 0.590. The minimum atomic E-state index is 0.415. The largest absolute Gasteiger partial charge is 0.127 e. The van der Waals surface area contributed by atoms with Gasteiger partial charge >= 0.3 is 0 Å². The van der Waals surface area contributed by atoms with Crippen LogP contribution in [-0.4, -0.2) is 5.25 Å². The Labute approximate surface area is 80.1 Å². The van der Waals surface area contributed by atoms with Crippen molar-refractivity contribution in [3.8, 4) is 0 Å². The summed E-state index contributed by atoms with van der Waals surface area (Å²) in [6.07, 6.45) is 5.81. The fourth-order valence-electron chi connectivity index (χ4n) is 1.38. The minimum absolute atomic E-state index is 0.415. The van der Waals surface area contributed by atoms with Crippen molar-refractivity contribution in [1.82, 2.24) is 0 Å². The van der Waals surface area contributed by atoms with Gasteiger partial charge in [-0.3, -0.25) is 0 Å². The Morgan fingerprint density at radius 3 is 2.58 bits per heavy atom. The van der Waals surface area contributed by atoms with Crippen LogP contribution in [0.1, 0.15) is 34.1 Å². The summed E-state index contributed by atoms with van der Waals surface area (Å²) in [6.45, 7) is 9.10. The molecule has 1 atom stereocenters. The lowest BCUT2D eigenvalue weighted by Gasteiger charge is -2.21. The van der Waals surface area contributed by atoms with Gasteiger partial charge in [0, 0.05) is 5.25 Å². The molecule has 12 heavy (non-hydrogen) atoms. The third-order valence-electron chi connectivity index (χ3n) is 1.76. The highest BCUT2D eigenvalue weighted by Gasteiger charge is 2.13. The summed E-state index contributed by atoms with van der Waals surface area (Å²) in [5, 5.41) is 2.87. The molecule has 0 aromatic heterocycles. The van der Waals surface area contributed by atoms with Crippen molar-refractivity contribution >= 4 is 11.8 Å². The van der Waals surface area contributed by atoms with Gasteiger partial charge in [0.15, 0.2) is 0 Å². The van der Waals surface area contributed by atoms with Crippen LogP contribution in [0.15, 0.2) is 23.1 Å². The molecule has 0 bridgehead atoms. The van der Waals surface area contributed by atoms with E-state index in [1.807, 2.05) is 11.8 Å². The molecule has 0 aromatic rings. The number of hydrogen-bond donors (Lipinski definition) is 0. The van der Waals surface area contributed by atoms with E-state index in [2.05, 4.69) is 45.3 Å². The van der Waals surface area contributed by atoms with Crippen LogP contribution in [0, 0.1) is 5.41 Å². The molecule has 68 valence electrons. The summed E-state index contributed by atoms with van der Waals surface area (Å²) < 4.78 is 0. The van der Waals surface area contributed by atoms with E-state index in [4.69, 9.17) is 0 Å². The predicted octanol–water partition coefficient (Wildman–Crippen LogP) is 4.00. The van der Waals surface area contributed by atoms with Crippen LogP contribution >= 0.6 is 11.8 Å². The predicted molar refractivity (Wildman–Crippen MR) is 58.3 cm³/mol. The van der Waals surface area contributed by atoms with Crippen molar-refractivity contribution in [3.05, 3.63) is 23.1 Å². The fraction of sp³-hybridized carbons (Fsp3) is 0.636. The van der Waals surface area contributed by atoms with Gasteiger partial charge in [0.1, 0.15) is 0 Å². The highest BCUT2D eigenvalue weighted by molar-refractivity contribution is 8.02. The normalized spacial score (nSPS) is 24.0. The van der Waals surface area contributed by atoms with Crippen LogP contribution in [0.3, 0.4) is 0 Å². The lowest BCUT2D eigenvalue weighted by Crippen LogP contribution is -2.07. The maximum Gasteiger partial charge on any atom is 0.0245 e. The number of hydrogen-bond acceptors (Lipinski definition) is 1. The monoisotopic (exact) mass is 182 g/mol. The Morgan fingerprint density at radius 1 is 1.42 bits per heavy atom. The van der Waals surface area contributed by atoms with Gasteiger partial charge in [-0.15, -0.1) is 11.8 Å². The third kappa shape index (κ3) is 3.48. The molecule has 1 aliphatic heterocycles. The molecule has 0 nitrogen and oxygen atoms in total. The SMILES string of the molecule is CC1C=C(CC(C)(C)C)C=CS1. The van der Waals surface area contributed by atoms with E-state index in [9.17, 15) is 0 Å². The molecule has 1 aliphatic rings. The molecule has 0 aliphatic carbocycles. The van der Waals surface area contributed by atoms with E-state index < -0.39 is 0 Å². The molecule has 0 radical (unpaired) electrons. The molecule has 0 saturated heterocycles. The summed E-state index contributed by atoms with van der Waals surface area (Å²) in [4.78, 5) is 0. The lowest BCUT2D eigenvalue weighted by atomic mass is 9.87. The maximum atomic E-state index is 2.37. The molecule has 1 unspecified atom stereocenters. The van der Waals surface area contributed by atoms with E-state index in [1.54, 1.807) is 0 Å². The van der Waals surface area contributed by atoms with Crippen LogP contribution in [-0.2, 0) is 0 Å². The van der Waals surface area contributed by atoms with E-state index in [-0.39, 0.29) is 0 Å². The van der Waals surface area contributed by atoms with Gasteiger partial charge in [-0.1, -0.05) is 32.9 Å². The molecule has 1 heteroatoms.